The van der Waals surface area contributed by atoms with E-state index in [1.807, 2.05) is 72.8 Å². The van der Waals surface area contributed by atoms with Crippen LogP contribution in [-0.2, 0) is 22.4 Å². The van der Waals surface area contributed by atoms with Gasteiger partial charge in [-0.05, 0) is 72.1 Å². The minimum Gasteiger partial charge on any atom is -0.489 e. The van der Waals surface area contributed by atoms with Crippen molar-refractivity contribution < 1.29 is 23.9 Å². The van der Waals surface area contributed by atoms with Crippen molar-refractivity contribution in [2.45, 2.75) is 29.2 Å². The molecule has 0 saturated carbocycles. The van der Waals surface area contributed by atoms with Crippen LogP contribution in [0.3, 0.4) is 0 Å². The number of aryl methyl sites for hydroxylation is 1. The summed E-state index contributed by atoms with van der Waals surface area (Å²) in [6, 6.07) is 29.2. The van der Waals surface area contributed by atoms with Gasteiger partial charge in [0.1, 0.15) is 12.4 Å². The molecule has 0 aromatic heterocycles. The van der Waals surface area contributed by atoms with E-state index in [-0.39, 0.29) is 17.6 Å². The molecule has 37 heavy (non-hydrogen) atoms. The van der Waals surface area contributed by atoms with Gasteiger partial charge in [0.05, 0.1) is 5.30 Å². The van der Waals surface area contributed by atoms with E-state index < -0.39 is 7.60 Å². The molecule has 0 fully saturated rings. The third kappa shape index (κ3) is 8.22. The third-order valence-corrected chi connectivity index (χ3v) is 7.72. The number of anilines is 1. The van der Waals surface area contributed by atoms with Crippen molar-refractivity contribution >= 4 is 47.9 Å². The molecule has 0 radical (unpaired) electrons. The van der Waals surface area contributed by atoms with Gasteiger partial charge in [-0.25, -0.2) is 0 Å². The molecule has 190 valence electrons. The van der Waals surface area contributed by atoms with Crippen molar-refractivity contribution in [2.75, 3.05) is 5.32 Å². The van der Waals surface area contributed by atoms with Crippen molar-refractivity contribution in [3.63, 3.8) is 0 Å². The second kappa shape index (κ2) is 12.5. The summed E-state index contributed by atoms with van der Waals surface area (Å²) in [4.78, 5) is 32.7. The Bertz CT molecular complexity index is 1410. The molecule has 4 aromatic rings. The number of amides is 1. The van der Waals surface area contributed by atoms with E-state index in [4.69, 9.17) is 16.3 Å². The molecule has 0 unspecified atom stereocenters. The summed E-state index contributed by atoms with van der Waals surface area (Å²) in [6.07, 6.45) is 0.673. The Morgan fingerprint density at radius 2 is 1.62 bits per heavy atom. The average Bonchev–Trinajstić information content (AvgIpc) is 2.88. The molecule has 1 amide bonds. The molecule has 4 aromatic carbocycles. The Morgan fingerprint density at radius 3 is 2.32 bits per heavy atom. The molecule has 3 N–H and O–H groups in total. The summed E-state index contributed by atoms with van der Waals surface area (Å²) in [5, 5.41) is 3.22. The lowest BCUT2D eigenvalue weighted by Gasteiger charge is -2.10. The highest BCUT2D eigenvalue weighted by Crippen LogP contribution is 2.34. The fourth-order valence-electron chi connectivity index (χ4n) is 3.51. The monoisotopic (exact) mass is 553 g/mol. The lowest BCUT2D eigenvalue weighted by atomic mass is 10.1. The fraction of sp³-hybridized carbons (Fsp3) is 0.107. The lowest BCUT2D eigenvalue weighted by Crippen LogP contribution is -2.13. The number of hydrogen-bond donors (Lipinski definition) is 3. The van der Waals surface area contributed by atoms with E-state index >= 15 is 0 Å². The number of rotatable bonds is 10. The number of halogens is 1. The molecule has 0 aliphatic heterocycles. The molecule has 0 heterocycles. The van der Waals surface area contributed by atoms with Crippen molar-refractivity contribution in [1.82, 2.24) is 0 Å². The number of ether oxygens (including phenoxy) is 1. The van der Waals surface area contributed by atoms with Gasteiger partial charge in [0.15, 0.2) is 0 Å². The van der Waals surface area contributed by atoms with E-state index in [9.17, 15) is 19.1 Å². The summed E-state index contributed by atoms with van der Waals surface area (Å²) >= 11 is 8.08. The van der Waals surface area contributed by atoms with Crippen LogP contribution in [-0.4, -0.2) is 15.7 Å². The number of carbonyl (C=O) groups excluding carboxylic acids is 1. The summed E-state index contributed by atoms with van der Waals surface area (Å²) in [6.45, 7) is 0.502. The van der Waals surface area contributed by atoms with Gasteiger partial charge in [-0.1, -0.05) is 65.8 Å². The van der Waals surface area contributed by atoms with Gasteiger partial charge in [0, 0.05) is 26.9 Å². The van der Waals surface area contributed by atoms with Crippen LogP contribution in [0.25, 0.3) is 0 Å². The largest absolute Gasteiger partial charge is 0.489 e. The number of benzene rings is 4. The van der Waals surface area contributed by atoms with Crippen LogP contribution in [0.1, 0.15) is 17.5 Å². The second-order valence-corrected chi connectivity index (χ2v) is 11.4. The molecule has 0 aliphatic carbocycles. The predicted octanol–water partition coefficient (Wildman–Crippen LogP) is 6.44. The van der Waals surface area contributed by atoms with Gasteiger partial charge in [-0.15, -0.1) is 0 Å². The van der Waals surface area contributed by atoms with Crippen LogP contribution < -0.4 is 15.4 Å². The summed E-state index contributed by atoms with van der Waals surface area (Å²) < 4.78 is 17.2. The fourth-order valence-corrected chi connectivity index (χ4v) is 5.29. The Balaban J connectivity index is 1.30. The van der Waals surface area contributed by atoms with Gasteiger partial charge in [-0.2, -0.15) is 0 Å². The van der Waals surface area contributed by atoms with Crippen LogP contribution in [0, 0.1) is 0 Å². The van der Waals surface area contributed by atoms with Crippen LogP contribution in [0.4, 0.5) is 5.69 Å². The highest BCUT2D eigenvalue weighted by atomic mass is 35.5. The first-order valence-corrected chi connectivity index (χ1v) is 14.3. The smallest absolute Gasteiger partial charge is 0.356 e. The second-order valence-electron chi connectivity index (χ2n) is 8.24. The zero-order valence-corrected chi connectivity index (χ0v) is 22.2. The first kappa shape index (κ1) is 27.0. The topological polar surface area (TPSA) is 95.9 Å². The Morgan fingerprint density at radius 1 is 0.892 bits per heavy atom. The van der Waals surface area contributed by atoms with Gasteiger partial charge in [-0.3, -0.25) is 9.36 Å². The van der Waals surface area contributed by atoms with Gasteiger partial charge in [0.25, 0.3) is 0 Å². The lowest BCUT2D eigenvalue weighted by molar-refractivity contribution is -0.116. The molecule has 9 heteroatoms. The Kier molecular flexibility index (Phi) is 9.09. The first-order chi connectivity index (χ1) is 17.8. The standard InChI is InChI=1S/C28H25ClNO5PS/c29-27-18-26(37-25-8-4-7-23(17-25)35-19-20-5-2-1-3-6-20)15-9-21(27)10-16-28(31)30-22-11-13-24(14-12-22)36(32,33)34/h1-9,11-15,17-18H,10,16,19H2,(H,30,31)(H2,32,33,34). The molecule has 4 rings (SSSR count). The molecule has 0 saturated heterocycles. The van der Waals surface area contributed by atoms with Crippen LogP contribution >= 0.6 is 31.0 Å². The quantitative estimate of drug-likeness (QED) is 0.195. The molecular formula is C28H25ClNO5PS. The highest BCUT2D eigenvalue weighted by Gasteiger charge is 2.16. The minimum atomic E-state index is -4.31. The molecule has 6 nitrogen and oxygen atoms in total. The van der Waals surface area contributed by atoms with E-state index in [0.29, 0.717) is 23.7 Å². The highest BCUT2D eigenvalue weighted by molar-refractivity contribution is 7.99. The van der Waals surface area contributed by atoms with E-state index in [2.05, 4.69) is 5.32 Å². The maximum Gasteiger partial charge on any atom is 0.356 e. The number of nitrogens with one attached hydrogen (secondary N) is 1. The van der Waals surface area contributed by atoms with Crippen molar-refractivity contribution in [1.29, 1.82) is 0 Å². The number of hydrogen-bond acceptors (Lipinski definition) is 4. The summed E-state index contributed by atoms with van der Waals surface area (Å²) in [5.74, 6) is 0.574. The predicted molar refractivity (Wildman–Crippen MR) is 148 cm³/mol. The Hall–Kier alpha value is -3.06. The van der Waals surface area contributed by atoms with Gasteiger partial charge < -0.3 is 19.8 Å². The zero-order chi connectivity index (χ0) is 26.3. The third-order valence-electron chi connectivity index (χ3n) is 5.42. The van der Waals surface area contributed by atoms with Crippen LogP contribution in [0.2, 0.25) is 5.02 Å². The molecular weight excluding hydrogens is 529 g/mol. The maximum absolute atomic E-state index is 12.3. The van der Waals surface area contributed by atoms with Crippen LogP contribution in [0.15, 0.2) is 107 Å². The summed E-state index contributed by atoms with van der Waals surface area (Å²) in [7, 11) is -4.31. The van der Waals surface area contributed by atoms with Crippen molar-refractivity contribution in [3.8, 4) is 5.75 Å². The van der Waals surface area contributed by atoms with E-state index in [1.165, 1.54) is 24.3 Å². The van der Waals surface area contributed by atoms with Crippen molar-refractivity contribution in [2.24, 2.45) is 0 Å². The Labute approximate surface area is 224 Å². The van der Waals surface area contributed by atoms with E-state index in [1.54, 1.807) is 11.8 Å². The van der Waals surface area contributed by atoms with Crippen molar-refractivity contribution in [3.05, 3.63) is 113 Å². The molecule has 0 bridgehead atoms. The zero-order valence-electron chi connectivity index (χ0n) is 19.7. The molecule has 0 spiro atoms. The van der Waals surface area contributed by atoms with Gasteiger partial charge in [0.2, 0.25) is 5.91 Å². The van der Waals surface area contributed by atoms with E-state index in [0.717, 1.165) is 26.7 Å². The molecule has 0 atom stereocenters. The average molecular weight is 554 g/mol. The first-order valence-electron chi connectivity index (χ1n) is 11.5. The molecule has 0 aliphatic rings. The normalized spacial score (nSPS) is 11.2. The number of carbonyl (C=O) groups is 1. The summed E-state index contributed by atoms with van der Waals surface area (Å²) in [5.41, 5.74) is 2.43. The SMILES string of the molecule is O=C(CCc1ccc(Sc2cccc(OCc3ccccc3)c2)cc1Cl)Nc1ccc(P(=O)(O)O)cc1. The minimum absolute atomic E-state index is 0.0957. The maximum atomic E-state index is 12.3. The van der Waals surface area contributed by atoms with Crippen LogP contribution in [0.5, 0.6) is 5.75 Å². The van der Waals surface area contributed by atoms with Gasteiger partial charge >= 0.3 is 7.60 Å².